The van der Waals surface area contributed by atoms with Gasteiger partial charge in [0.05, 0.1) is 0 Å². The number of piperazine rings is 1. The minimum absolute atomic E-state index is 0.248. The van der Waals surface area contributed by atoms with E-state index in [9.17, 15) is 4.39 Å². The molecule has 0 amide bonds. The van der Waals surface area contributed by atoms with Crippen LogP contribution < -0.4 is 4.90 Å². The van der Waals surface area contributed by atoms with Gasteiger partial charge >= 0.3 is 0 Å². The van der Waals surface area contributed by atoms with Crippen molar-refractivity contribution in [1.29, 1.82) is 0 Å². The van der Waals surface area contributed by atoms with Crippen LogP contribution in [0, 0.1) is 12.7 Å². The van der Waals surface area contributed by atoms with Gasteiger partial charge in [0.25, 0.3) is 0 Å². The first-order valence-corrected chi connectivity index (χ1v) is 8.94. The van der Waals surface area contributed by atoms with E-state index in [0.29, 0.717) is 0 Å². The zero-order valence-electron chi connectivity index (χ0n) is 14.9. The summed E-state index contributed by atoms with van der Waals surface area (Å²) in [4.78, 5) is 4.81. The van der Waals surface area contributed by atoms with Crippen LogP contribution in [-0.2, 0) is 6.54 Å². The predicted octanol–water partition coefficient (Wildman–Crippen LogP) is 4.11. The van der Waals surface area contributed by atoms with Crippen LogP contribution in [0.25, 0.3) is 11.3 Å². The van der Waals surface area contributed by atoms with Gasteiger partial charge in [-0.15, -0.1) is 0 Å². The Balaban J connectivity index is 1.40. The monoisotopic (exact) mass is 351 g/mol. The Labute approximate surface area is 152 Å². The Morgan fingerprint density at radius 1 is 0.962 bits per heavy atom. The number of nitrogens with zero attached hydrogens (tertiary/aromatic N) is 3. The Bertz CT molecular complexity index is 853. The number of para-hydroxylation sites is 1. The normalized spacial score (nSPS) is 15.4. The fourth-order valence-electron chi connectivity index (χ4n) is 3.40. The molecule has 0 N–H and O–H groups in total. The lowest BCUT2D eigenvalue weighted by molar-refractivity contribution is 0.242. The molecule has 0 bridgehead atoms. The first kappa shape index (κ1) is 16.8. The van der Waals surface area contributed by atoms with Crippen molar-refractivity contribution in [2.75, 3.05) is 31.1 Å². The van der Waals surface area contributed by atoms with E-state index in [0.717, 1.165) is 55.3 Å². The van der Waals surface area contributed by atoms with Gasteiger partial charge in [0.2, 0.25) is 0 Å². The van der Waals surface area contributed by atoms with E-state index in [2.05, 4.69) is 39.2 Å². The van der Waals surface area contributed by atoms with E-state index in [4.69, 9.17) is 4.52 Å². The molecule has 0 radical (unpaired) electrons. The maximum absolute atomic E-state index is 13.1. The van der Waals surface area contributed by atoms with Gasteiger partial charge < -0.3 is 9.42 Å². The molecular weight excluding hydrogens is 329 g/mol. The Morgan fingerprint density at radius 3 is 2.35 bits per heavy atom. The maximum Gasteiger partial charge on any atom is 0.170 e. The van der Waals surface area contributed by atoms with Crippen LogP contribution >= 0.6 is 0 Å². The molecule has 0 spiro atoms. The molecule has 0 saturated carbocycles. The molecule has 2 heterocycles. The molecule has 4 rings (SSSR count). The largest absolute Gasteiger partial charge is 0.369 e. The third-order valence-electron chi connectivity index (χ3n) is 4.99. The average Bonchev–Trinajstić information content (AvgIpc) is 3.04. The van der Waals surface area contributed by atoms with Gasteiger partial charge in [0.15, 0.2) is 5.76 Å². The number of hydrogen-bond donors (Lipinski definition) is 0. The lowest BCUT2D eigenvalue weighted by Crippen LogP contribution is -2.46. The van der Waals surface area contributed by atoms with Gasteiger partial charge in [0.1, 0.15) is 11.5 Å². The minimum Gasteiger partial charge on any atom is -0.369 e. The minimum atomic E-state index is -0.248. The second-order valence-electron chi connectivity index (χ2n) is 6.69. The van der Waals surface area contributed by atoms with E-state index < -0.39 is 0 Å². The van der Waals surface area contributed by atoms with Crippen LogP contribution in [0.3, 0.4) is 0 Å². The summed E-state index contributed by atoms with van der Waals surface area (Å²) in [5.41, 5.74) is 4.12. The van der Waals surface area contributed by atoms with Crippen molar-refractivity contribution in [2.24, 2.45) is 0 Å². The van der Waals surface area contributed by atoms with E-state index >= 15 is 0 Å². The SMILES string of the molecule is Cc1c(CN2CCN(c3ccccc3)CC2)noc1-c1ccc(F)cc1. The highest BCUT2D eigenvalue weighted by molar-refractivity contribution is 5.61. The molecule has 134 valence electrons. The van der Waals surface area contributed by atoms with Gasteiger partial charge in [-0.05, 0) is 43.3 Å². The molecule has 1 aliphatic rings. The average molecular weight is 351 g/mol. The Morgan fingerprint density at radius 2 is 1.65 bits per heavy atom. The van der Waals surface area contributed by atoms with Crippen molar-refractivity contribution in [3.63, 3.8) is 0 Å². The second kappa shape index (κ2) is 7.30. The van der Waals surface area contributed by atoms with Gasteiger partial charge in [-0.2, -0.15) is 0 Å². The molecule has 1 aliphatic heterocycles. The standard InChI is InChI=1S/C21H22FN3O/c1-16-20(23-26-21(16)17-7-9-18(22)10-8-17)15-24-11-13-25(14-12-24)19-5-3-2-4-6-19/h2-10H,11-15H2,1H3. The molecule has 0 atom stereocenters. The molecule has 0 unspecified atom stereocenters. The van der Waals surface area contributed by atoms with Crippen molar-refractivity contribution in [1.82, 2.24) is 10.1 Å². The first-order valence-electron chi connectivity index (χ1n) is 8.94. The number of benzene rings is 2. The molecule has 5 heteroatoms. The fourth-order valence-corrected chi connectivity index (χ4v) is 3.40. The maximum atomic E-state index is 13.1. The summed E-state index contributed by atoms with van der Waals surface area (Å²) in [5.74, 6) is 0.477. The highest BCUT2D eigenvalue weighted by Gasteiger charge is 2.21. The zero-order chi connectivity index (χ0) is 17.9. The van der Waals surface area contributed by atoms with Crippen molar-refractivity contribution < 1.29 is 8.91 Å². The third kappa shape index (κ3) is 3.48. The van der Waals surface area contributed by atoms with Crippen molar-refractivity contribution in [3.05, 3.63) is 71.7 Å². The lowest BCUT2D eigenvalue weighted by atomic mass is 10.1. The third-order valence-corrected chi connectivity index (χ3v) is 4.99. The number of anilines is 1. The number of aromatic nitrogens is 1. The van der Waals surface area contributed by atoms with Gasteiger partial charge in [-0.3, -0.25) is 4.90 Å². The highest BCUT2D eigenvalue weighted by Crippen LogP contribution is 2.27. The summed E-state index contributed by atoms with van der Waals surface area (Å²) in [6, 6.07) is 16.9. The van der Waals surface area contributed by atoms with E-state index in [-0.39, 0.29) is 5.82 Å². The zero-order valence-corrected chi connectivity index (χ0v) is 14.9. The van der Waals surface area contributed by atoms with Crippen molar-refractivity contribution in [2.45, 2.75) is 13.5 Å². The number of halogens is 1. The van der Waals surface area contributed by atoms with Crippen LogP contribution in [-0.4, -0.2) is 36.2 Å². The van der Waals surface area contributed by atoms with Crippen LogP contribution in [0.1, 0.15) is 11.3 Å². The molecule has 4 nitrogen and oxygen atoms in total. The molecule has 1 aromatic heterocycles. The summed E-state index contributed by atoms with van der Waals surface area (Å²) in [6.45, 7) is 6.79. The van der Waals surface area contributed by atoms with Gasteiger partial charge in [-0.1, -0.05) is 23.4 Å². The molecule has 0 aliphatic carbocycles. The predicted molar refractivity (Wildman–Crippen MR) is 101 cm³/mol. The molecular formula is C21H22FN3O. The van der Waals surface area contributed by atoms with E-state index in [1.165, 1.54) is 17.8 Å². The first-order chi connectivity index (χ1) is 12.7. The Hall–Kier alpha value is -2.66. The van der Waals surface area contributed by atoms with Gasteiger partial charge in [0, 0.05) is 49.5 Å². The van der Waals surface area contributed by atoms with E-state index in [1.807, 2.05) is 13.0 Å². The van der Waals surface area contributed by atoms with Crippen molar-refractivity contribution >= 4 is 5.69 Å². The van der Waals surface area contributed by atoms with Crippen LogP contribution in [0.5, 0.6) is 0 Å². The molecule has 1 saturated heterocycles. The summed E-state index contributed by atoms with van der Waals surface area (Å²) in [5, 5.41) is 4.26. The summed E-state index contributed by atoms with van der Waals surface area (Å²) < 4.78 is 18.7. The van der Waals surface area contributed by atoms with Crippen LogP contribution in [0.4, 0.5) is 10.1 Å². The fraction of sp³-hybridized carbons (Fsp3) is 0.286. The highest BCUT2D eigenvalue weighted by atomic mass is 19.1. The lowest BCUT2D eigenvalue weighted by Gasteiger charge is -2.35. The second-order valence-corrected chi connectivity index (χ2v) is 6.69. The summed E-state index contributed by atoms with van der Waals surface area (Å²) in [6.07, 6.45) is 0. The van der Waals surface area contributed by atoms with Crippen LogP contribution in [0.2, 0.25) is 0 Å². The summed E-state index contributed by atoms with van der Waals surface area (Å²) >= 11 is 0. The van der Waals surface area contributed by atoms with Crippen molar-refractivity contribution in [3.8, 4) is 11.3 Å². The smallest absolute Gasteiger partial charge is 0.170 e. The molecule has 2 aromatic carbocycles. The summed E-state index contributed by atoms with van der Waals surface area (Å²) in [7, 11) is 0. The molecule has 26 heavy (non-hydrogen) atoms. The molecule has 1 fully saturated rings. The van der Waals surface area contributed by atoms with Crippen LogP contribution in [0.15, 0.2) is 59.1 Å². The van der Waals surface area contributed by atoms with E-state index in [1.54, 1.807) is 12.1 Å². The quantitative estimate of drug-likeness (QED) is 0.708. The topological polar surface area (TPSA) is 32.5 Å². The Kier molecular flexibility index (Phi) is 4.71. The van der Waals surface area contributed by atoms with Gasteiger partial charge in [-0.25, -0.2) is 4.39 Å². The molecule has 3 aromatic rings. The number of hydrogen-bond acceptors (Lipinski definition) is 4. The number of rotatable bonds is 4.